The van der Waals surface area contributed by atoms with E-state index in [4.69, 9.17) is 0 Å². The van der Waals surface area contributed by atoms with Crippen molar-refractivity contribution in [2.45, 2.75) is 37.1 Å². The summed E-state index contributed by atoms with van der Waals surface area (Å²) in [6, 6.07) is -5.69. The Kier molecular flexibility index (Phi) is 8.42. The van der Waals surface area contributed by atoms with Gasteiger partial charge in [-0.25, -0.2) is 0 Å². The lowest BCUT2D eigenvalue weighted by Gasteiger charge is -2.32. The van der Waals surface area contributed by atoms with E-state index in [0.29, 0.717) is 0 Å². The number of halogens is 19. The monoisotopic (exact) mass is 686 g/mol. The van der Waals surface area contributed by atoms with Crippen LogP contribution in [0.25, 0.3) is 0 Å². The molecule has 0 nitrogen and oxygen atoms in total. The lowest BCUT2D eigenvalue weighted by Crippen LogP contribution is -2.68. The largest absolute Gasteiger partial charge is 0.416 e. The molecule has 0 saturated heterocycles. The summed E-state index contributed by atoms with van der Waals surface area (Å²) < 4.78 is 265. The molecule has 44 heavy (non-hydrogen) atoms. The molecule has 0 aliphatic rings. The maximum absolute atomic E-state index is 17.6. The van der Waals surface area contributed by atoms with Gasteiger partial charge in [0.15, 0.2) is 0 Å². The summed E-state index contributed by atoms with van der Waals surface area (Å²) in [5.74, 6) is 0. The van der Waals surface area contributed by atoms with Crippen LogP contribution in [0.4, 0.5) is 83.1 Å². The summed E-state index contributed by atoms with van der Waals surface area (Å²) in [4.78, 5) is 0. The summed E-state index contributed by atoms with van der Waals surface area (Å²) >= 11 is 0. The fraction of sp³-hybridized carbons (Fsp3) is 0.250. The lowest BCUT2D eigenvalue weighted by molar-refractivity contribution is -0.141. The zero-order valence-corrected chi connectivity index (χ0v) is 21.4. The van der Waals surface area contributed by atoms with Gasteiger partial charge >= 0.3 is 45.5 Å². The number of alkyl halides is 18. The number of hydrogen-bond acceptors (Lipinski definition) is 0. The Morgan fingerprint density at radius 2 is 0.523 bits per heavy atom. The quantitative estimate of drug-likeness (QED) is 0.112. The molecule has 20 heteroatoms. The highest BCUT2D eigenvalue weighted by Crippen LogP contribution is 2.40. The second-order valence-electron chi connectivity index (χ2n) is 8.93. The Morgan fingerprint density at radius 3 is 0.682 bits per heavy atom. The highest BCUT2D eigenvalue weighted by molar-refractivity contribution is 7.07. The van der Waals surface area contributed by atoms with Gasteiger partial charge in [-0.15, -0.1) is 0 Å². The first-order valence-corrected chi connectivity index (χ1v) is 12.9. The predicted molar refractivity (Wildman–Crippen MR) is 115 cm³/mol. The van der Waals surface area contributed by atoms with Gasteiger partial charge in [-0.2, -0.15) is 79.0 Å². The van der Waals surface area contributed by atoms with Crippen LogP contribution < -0.4 is 15.6 Å². The number of hydrogen-bond donors (Lipinski definition) is 0. The topological polar surface area (TPSA) is 0 Å². The summed E-state index contributed by atoms with van der Waals surface area (Å²) in [5, 5.41) is -8.02. The molecule has 0 atom stereocenters. The van der Waals surface area contributed by atoms with Gasteiger partial charge in [0.2, 0.25) is 0 Å². The van der Waals surface area contributed by atoms with E-state index in [1.54, 1.807) is 0 Å². The molecule has 0 N–H and O–H groups in total. The maximum Gasteiger partial charge on any atom is 0.416 e. The minimum atomic E-state index is -7.83. The SMILES string of the molecule is FC(F)(F)c1ccc(C(F)(F)F)c([Si](F)(c2cc(C(F)(F)F)ccc2C(F)(F)F)c2cc(C(F)(F)F)ccc2C(F)(F)F)c1. The Morgan fingerprint density at radius 1 is 0.318 bits per heavy atom. The highest BCUT2D eigenvalue weighted by atomic mass is 28.4. The minimum absolute atomic E-state index is 0.408. The molecule has 0 bridgehead atoms. The molecule has 0 spiro atoms. The van der Waals surface area contributed by atoms with Crippen molar-refractivity contribution in [3.63, 3.8) is 0 Å². The van der Waals surface area contributed by atoms with E-state index in [9.17, 15) is 79.0 Å². The van der Waals surface area contributed by atoms with Crippen molar-refractivity contribution < 1.29 is 83.1 Å². The molecule has 3 rings (SSSR count). The van der Waals surface area contributed by atoms with Gasteiger partial charge in [0.25, 0.3) is 0 Å². The Bertz CT molecular complexity index is 1350. The smallest absolute Gasteiger partial charge is 0.296 e. The van der Waals surface area contributed by atoms with Crippen molar-refractivity contribution in [2.75, 3.05) is 0 Å². The first kappa shape index (κ1) is 35.0. The molecule has 0 aromatic heterocycles. The zero-order chi connectivity index (χ0) is 34.1. The molecule has 3 aromatic rings. The molecule has 0 fully saturated rings. The van der Waals surface area contributed by atoms with Crippen LogP contribution in [0.5, 0.6) is 0 Å². The van der Waals surface area contributed by atoms with Gasteiger partial charge in [-0.1, -0.05) is 0 Å². The van der Waals surface area contributed by atoms with Crippen molar-refractivity contribution in [3.05, 3.63) is 88.0 Å². The van der Waals surface area contributed by atoms with Crippen molar-refractivity contribution >= 4 is 24.0 Å². The second-order valence-corrected chi connectivity index (χ2v) is 11.9. The van der Waals surface area contributed by atoms with E-state index in [0.717, 1.165) is 0 Å². The van der Waals surface area contributed by atoms with Crippen LogP contribution in [-0.4, -0.2) is 8.41 Å². The average molecular weight is 686 g/mol. The third kappa shape index (κ3) is 6.78. The molecular formula is C24H9F19Si. The first-order valence-electron chi connectivity index (χ1n) is 11.1. The van der Waals surface area contributed by atoms with Gasteiger partial charge in [-0.3, -0.25) is 4.11 Å². The van der Waals surface area contributed by atoms with Gasteiger partial charge < -0.3 is 0 Å². The van der Waals surface area contributed by atoms with Crippen molar-refractivity contribution in [1.82, 2.24) is 0 Å². The van der Waals surface area contributed by atoms with E-state index in [-0.39, 0.29) is 0 Å². The van der Waals surface area contributed by atoms with Crippen molar-refractivity contribution in [1.29, 1.82) is 0 Å². The average Bonchev–Trinajstić information content (AvgIpc) is 2.84. The first-order chi connectivity index (χ1) is 19.5. The summed E-state index contributed by atoms with van der Waals surface area (Å²) in [7, 11) is -7.83. The van der Waals surface area contributed by atoms with E-state index < -0.39 is 149 Å². The van der Waals surface area contributed by atoms with Crippen molar-refractivity contribution in [2.24, 2.45) is 0 Å². The second kappa shape index (κ2) is 10.6. The highest BCUT2D eigenvalue weighted by Gasteiger charge is 2.56. The normalized spacial score (nSPS) is 14.2. The van der Waals surface area contributed by atoms with Gasteiger partial charge in [-0.05, 0) is 70.2 Å². The molecular weight excluding hydrogens is 677 g/mol. The number of benzene rings is 3. The molecule has 0 saturated carbocycles. The minimum Gasteiger partial charge on any atom is -0.296 e. The maximum atomic E-state index is 17.6. The molecule has 3 aromatic carbocycles. The molecule has 0 aliphatic carbocycles. The van der Waals surface area contributed by atoms with E-state index in [1.165, 1.54) is 0 Å². The summed E-state index contributed by atoms with van der Waals surface area (Å²) in [6.45, 7) is 0. The van der Waals surface area contributed by atoms with Crippen LogP contribution >= 0.6 is 0 Å². The van der Waals surface area contributed by atoms with Crippen LogP contribution in [-0.2, 0) is 37.1 Å². The van der Waals surface area contributed by atoms with Gasteiger partial charge in [0.05, 0.1) is 33.4 Å². The fourth-order valence-electron chi connectivity index (χ4n) is 4.19. The molecule has 0 aliphatic heterocycles. The van der Waals surface area contributed by atoms with E-state index in [2.05, 4.69) is 0 Å². The van der Waals surface area contributed by atoms with Crippen LogP contribution in [0.2, 0.25) is 0 Å². The van der Waals surface area contributed by atoms with Crippen LogP contribution in [0.3, 0.4) is 0 Å². The Hall–Kier alpha value is -3.45. The van der Waals surface area contributed by atoms with Crippen LogP contribution in [0.15, 0.2) is 54.6 Å². The Labute approximate surface area is 232 Å². The van der Waals surface area contributed by atoms with Gasteiger partial charge in [0.1, 0.15) is 0 Å². The fourth-order valence-corrected chi connectivity index (χ4v) is 7.92. The van der Waals surface area contributed by atoms with Crippen LogP contribution in [0, 0.1) is 0 Å². The molecule has 0 radical (unpaired) electrons. The third-order valence-corrected chi connectivity index (χ3v) is 9.54. The Balaban J connectivity index is 2.81. The molecule has 242 valence electrons. The van der Waals surface area contributed by atoms with Gasteiger partial charge in [0, 0.05) is 0 Å². The molecule has 0 amide bonds. The standard InChI is InChI=1S/C24H9F19Si/c25-19(26,27)10-1-4-13(22(34,35)36)16(7-10)44(43,17-8-11(20(28,29)30)2-5-14(17)23(37,38)39)18-9-12(21(31,32)33)3-6-15(18)24(40,41)42/h1-9H. The lowest BCUT2D eigenvalue weighted by atomic mass is 10.1. The zero-order valence-electron chi connectivity index (χ0n) is 20.4. The van der Waals surface area contributed by atoms with Crippen molar-refractivity contribution in [3.8, 4) is 0 Å². The molecule has 0 unspecified atom stereocenters. The number of rotatable bonds is 3. The van der Waals surface area contributed by atoms with E-state index in [1.807, 2.05) is 0 Å². The van der Waals surface area contributed by atoms with E-state index >= 15 is 4.11 Å². The summed E-state index contributed by atoms with van der Waals surface area (Å²) in [5.41, 5.74) is -15.0. The molecule has 0 heterocycles. The predicted octanol–water partition coefficient (Wildman–Crippen LogP) is 8.74. The van der Waals surface area contributed by atoms with Crippen LogP contribution in [0.1, 0.15) is 33.4 Å². The summed E-state index contributed by atoms with van der Waals surface area (Å²) in [6.07, 6.45) is -35.7. The third-order valence-electron chi connectivity index (χ3n) is 6.07.